The number of rotatable bonds is 2. The highest BCUT2D eigenvalue weighted by molar-refractivity contribution is 7.15. The van der Waals surface area contributed by atoms with Gasteiger partial charge in [0.05, 0.1) is 5.92 Å². The molecule has 1 aliphatic heterocycles. The minimum absolute atomic E-state index is 0.154. The largest absolute Gasteiger partial charge is 0.391 e. The van der Waals surface area contributed by atoms with E-state index in [0.717, 1.165) is 10.0 Å². The molecule has 0 amide bonds. The summed E-state index contributed by atoms with van der Waals surface area (Å²) in [6.45, 7) is 1.26. The monoisotopic (exact) mass is 265 g/mol. The quantitative estimate of drug-likeness (QED) is 0.892. The van der Waals surface area contributed by atoms with Crippen molar-refractivity contribution in [2.24, 2.45) is 11.7 Å². The third kappa shape index (κ3) is 2.90. The summed E-state index contributed by atoms with van der Waals surface area (Å²) in [4.78, 5) is 7.05. The summed E-state index contributed by atoms with van der Waals surface area (Å²) in [5.41, 5.74) is 5.47. The Hall–Kier alpha value is -0.820. The first-order chi connectivity index (χ1) is 8.00. The van der Waals surface area contributed by atoms with E-state index in [4.69, 9.17) is 5.73 Å². The van der Waals surface area contributed by atoms with Crippen molar-refractivity contribution < 1.29 is 13.2 Å². The van der Waals surface area contributed by atoms with Gasteiger partial charge >= 0.3 is 6.18 Å². The third-order valence-corrected chi connectivity index (χ3v) is 4.05. The van der Waals surface area contributed by atoms with Crippen LogP contribution in [0.5, 0.6) is 0 Å². The van der Waals surface area contributed by atoms with Crippen molar-refractivity contribution in [3.05, 3.63) is 11.1 Å². The highest BCUT2D eigenvalue weighted by atomic mass is 32.1. The van der Waals surface area contributed by atoms with E-state index in [9.17, 15) is 13.2 Å². The van der Waals surface area contributed by atoms with E-state index in [1.807, 2.05) is 4.90 Å². The first kappa shape index (κ1) is 12.6. The van der Waals surface area contributed by atoms with Crippen LogP contribution >= 0.6 is 11.3 Å². The number of nitrogens with two attached hydrogens (primary N) is 1. The standard InChI is InChI=1S/C10H14F3N3S/c11-10(12,13)7-1-3-16(4-2-7)9-15-6-8(5-14)17-9/h6-7H,1-5,14H2. The lowest BCUT2D eigenvalue weighted by Crippen LogP contribution is -2.38. The van der Waals surface area contributed by atoms with Crippen LogP contribution in [0.15, 0.2) is 6.20 Å². The van der Waals surface area contributed by atoms with Crippen LogP contribution in [0.1, 0.15) is 17.7 Å². The van der Waals surface area contributed by atoms with Crippen molar-refractivity contribution in [3.63, 3.8) is 0 Å². The molecule has 0 aliphatic carbocycles. The first-order valence-corrected chi connectivity index (χ1v) is 6.29. The normalized spacial score (nSPS) is 18.7. The van der Waals surface area contributed by atoms with Gasteiger partial charge in [-0.3, -0.25) is 0 Å². The van der Waals surface area contributed by atoms with Crippen molar-refractivity contribution in [1.29, 1.82) is 0 Å². The maximum Gasteiger partial charge on any atom is 0.391 e. The van der Waals surface area contributed by atoms with Crippen LogP contribution < -0.4 is 10.6 Å². The molecule has 0 unspecified atom stereocenters. The lowest BCUT2D eigenvalue weighted by Gasteiger charge is -2.32. The van der Waals surface area contributed by atoms with Gasteiger partial charge in [0.15, 0.2) is 5.13 Å². The third-order valence-electron chi connectivity index (χ3n) is 2.97. The Labute approximate surface area is 101 Å². The van der Waals surface area contributed by atoms with Gasteiger partial charge < -0.3 is 10.6 Å². The number of nitrogens with zero attached hydrogens (tertiary/aromatic N) is 2. The topological polar surface area (TPSA) is 42.1 Å². The molecule has 2 rings (SSSR count). The molecular weight excluding hydrogens is 251 g/mol. The minimum Gasteiger partial charge on any atom is -0.348 e. The van der Waals surface area contributed by atoms with Gasteiger partial charge in [0.2, 0.25) is 0 Å². The summed E-state index contributed by atoms with van der Waals surface area (Å²) in [5.74, 6) is -1.16. The second-order valence-electron chi connectivity index (χ2n) is 4.12. The summed E-state index contributed by atoms with van der Waals surface area (Å²) in [5, 5.41) is 0.783. The van der Waals surface area contributed by atoms with Gasteiger partial charge in [-0.15, -0.1) is 11.3 Å². The minimum atomic E-state index is -4.06. The molecule has 2 N–H and O–H groups in total. The number of thiazole rings is 1. The molecule has 1 saturated heterocycles. The maximum atomic E-state index is 12.5. The fraction of sp³-hybridized carbons (Fsp3) is 0.700. The molecule has 2 heterocycles. The summed E-state index contributed by atoms with van der Waals surface area (Å²) in [7, 11) is 0. The van der Waals surface area contributed by atoms with Gasteiger partial charge in [-0.2, -0.15) is 13.2 Å². The van der Waals surface area contributed by atoms with Crippen molar-refractivity contribution in [3.8, 4) is 0 Å². The zero-order valence-electron chi connectivity index (χ0n) is 9.20. The molecule has 0 radical (unpaired) electrons. The molecule has 0 saturated carbocycles. The van der Waals surface area contributed by atoms with E-state index in [1.165, 1.54) is 11.3 Å². The highest BCUT2D eigenvalue weighted by Gasteiger charge is 2.41. The van der Waals surface area contributed by atoms with Crippen LogP contribution in [0, 0.1) is 5.92 Å². The summed E-state index contributed by atoms with van der Waals surface area (Å²) in [6.07, 6.45) is -2.06. The van der Waals surface area contributed by atoms with Crippen molar-refractivity contribution >= 4 is 16.5 Å². The average molecular weight is 265 g/mol. The number of hydrogen-bond acceptors (Lipinski definition) is 4. The molecule has 3 nitrogen and oxygen atoms in total. The smallest absolute Gasteiger partial charge is 0.348 e. The lowest BCUT2D eigenvalue weighted by atomic mass is 9.97. The Bertz CT molecular complexity index is 369. The number of piperidine rings is 1. The predicted octanol–water partition coefficient (Wildman–Crippen LogP) is 2.38. The Morgan fingerprint density at radius 2 is 2.06 bits per heavy atom. The molecular formula is C10H14F3N3S. The number of hydrogen-bond donors (Lipinski definition) is 1. The average Bonchev–Trinajstić information content (AvgIpc) is 2.76. The van der Waals surface area contributed by atoms with Crippen LogP contribution in [0.2, 0.25) is 0 Å². The Morgan fingerprint density at radius 3 is 2.53 bits per heavy atom. The predicted molar refractivity (Wildman–Crippen MR) is 61.0 cm³/mol. The molecule has 0 bridgehead atoms. The molecule has 1 aliphatic rings. The molecule has 1 fully saturated rings. The highest BCUT2D eigenvalue weighted by Crippen LogP contribution is 2.36. The van der Waals surface area contributed by atoms with Gasteiger partial charge in [-0.05, 0) is 12.8 Å². The van der Waals surface area contributed by atoms with Crippen molar-refractivity contribution in [2.75, 3.05) is 18.0 Å². The van der Waals surface area contributed by atoms with Gasteiger partial charge in [0.25, 0.3) is 0 Å². The van der Waals surface area contributed by atoms with Crippen LogP contribution in [0.25, 0.3) is 0 Å². The second kappa shape index (κ2) is 4.81. The summed E-state index contributed by atoms with van der Waals surface area (Å²) >= 11 is 1.46. The molecule has 7 heteroatoms. The lowest BCUT2D eigenvalue weighted by molar-refractivity contribution is -0.179. The Morgan fingerprint density at radius 1 is 1.41 bits per heavy atom. The van der Waals surface area contributed by atoms with E-state index < -0.39 is 12.1 Å². The number of anilines is 1. The van der Waals surface area contributed by atoms with E-state index in [2.05, 4.69) is 4.98 Å². The Kier molecular flexibility index (Phi) is 3.58. The molecule has 0 aromatic carbocycles. The maximum absolute atomic E-state index is 12.5. The molecule has 96 valence electrons. The van der Waals surface area contributed by atoms with Gasteiger partial charge in [-0.1, -0.05) is 0 Å². The van der Waals surface area contributed by atoms with Crippen molar-refractivity contribution in [1.82, 2.24) is 4.98 Å². The van der Waals surface area contributed by atoms with E-state index in [0.29, 0.717) is 19.6 Å². The Balaban J connectivity index is 1.95. The van der Waals surface area contributed by atoms with Crippen LogP contribution in [0.4, 0.5) is 18.3 Å². The fourth-order valence-corrected chi connectivity index (χ4v) is 2.78. The number of alkyl halides is 3. The second-order valence-corrected chi connectivity index (χ2v) is 5.21. The first-order valence-electron chi connectivity index (χ1n) is 5.47. The van der Waals surface area contributed by atoms with E-state index in [1.54, 1.807) is 6.20 Å². The van der Waals surface area contributed by atoms with Crippen LogP contribution in [0.3, 0.4) is 0 Å². The molecule has 1 aromatic rings. The van der Waals surface area contributed by atoms with Crippen LogP contribution in [-0.2, 0) is 6.54 Å². The van der Waals surface area contributed by atoms with Crippen LogP contribution in [-0.4, -0.2) is 24.2 Å². The zero-order chi connectivity index (χ0) is 12.5. The van der Waals surface area contributed by atoms with Gasteiger partial charge in [0, 0.05) is 30.7 Å². The molecule has 1 aromatic heterocycles. The van der Waals surface area contributed by atoms with Gasteiger partial charge in [-0.25, -0.2) is 4.98 Å². The fourth-order valence-electron chi connectivity index (χ4n) is 1.94. The van der Waals surface area contributed by atoms with Crippen molar-refractivity contribution in [2.45, 2.75) is 25.6 Å². The summed E-state index contributed by atoms with van der Waals surface area (Å²) < 4.78 is 37.4. The molecule has 0 spiro atoms. The SMILES string of the molecule is NCc1cnc(N2CCC(C(F)(F)F)CC2)s1. The number of aromatic nitrogens is 1. The summed E-state index contributed by atoms with van der Waals surface area (Å²) in [6, 6.07) is 0. The zero-order valence-corrected chi connectivity index (χ0v) is 10.0. The molecule has 0 atom stereocenters. The molecule has 17 heavy (non-hydrogen) atoms. The van der Waals surface area contributed by atoms with E-state index in [-0.39, 0.29) is 12.8 Å². The van der Waals surface area contributed by atoms with Gasteiger partial charge in [0.1, 0.15) is 0 Å². The number of halogens is 3. The van der Waals surface area contributed by atoms with E-state index >= 15 is 0 Å².